The highest BCUT2D eigenvalue weighted by molar-refractivity contribution is 6.06. The first-order chi connectivity index (χ1) is 15.6. The number of amides is 2. The maximum absolute atomic E-state index is 13.3. The lowest BCUT2D eigenvalue weighted by Crippen LogP contribution is -2.45. The fourth-order valence-electron chi connectivity index (χ4n) is 4.59. The highest BCUT2D eigenvalue weighted by atomic mass is 16.5. The Morgan fingerprint density at radius 3 is 2.81 bits per heavy atom. The van der Waals surface area contributed by atoms with Gasteiger partial charge in [-0.2, -0.15) is 5.10 Å². The number of hydrogen-bond donors (Lipinski definition) is 1. The van der Waals surface area contributed by atoms with Crippen molar-refractivity contribution >= 4 is 17.5 Å². The maximum Gasteiger partial charge on any atom is 0.259 e. The largest absolute Gasteiger partial charge is 0.493 e. The molecule has 32 heavy (non-hydrogen) atoms. The first-order valence-electron chi connectivity index (χ1n) is 11.1. The molecule has 2 aliphatic heterocycles. The summed E-state index contributed by atoms with van der Waals surface area (Å²) in [6.45, 7) is 3.23. The van der Waals surface area contributed by atoms with E-state index in [1.165, 1.54) is 0 Å². The summed E-state index contributed by atoms with van der Waals surface area (Å²) < 4.78 is 7.63. The molecule has 2 aliphatic rings. The van der Waals surface area contributed by atoms with Crippen LogP contribution in [-0.4, -0.2) is 45.7 Å². The summed E-state index contributed by atoms with van der Waals surface area (Å²) in [6, 6.07) is 15.2. The summed E-state index contributed by atoms with van der Waals surface area (Å²) in [5, 5.41) is 7.30. The third-order valence-corrected chi connectivity index (χ3v) is 6.32. The average Bonchev–Trinajstić information content (AvgIpc) is 3.21. The van der Waals surface area contributed by atoms with E-state index in [1.807, 2.05) is 42.2 Å². The Labute approximate surface area is 187 Å². The third-order valence-electron chi connectivity index (χ3n) is 6.32. The van der Waals surface area contributed by atoms with E-state index in [-0.39, 0.29) is 17.9 Å². The SMILES string of the molecule is Cc1c(C(=O)Nc2ccc3c(c2)C(=O)N2CCCC[C@@H]2CCO3)cnn1-c1ccccc1. The van der Waals surface area contributed by atoms with Crippen molar-refractivity contribution in [2.24, 2.45) is 0 Å². The van der Waals surface area contributed by atoms with Gasteiger partial charge >= 0.3 is 0 Å². The van der Waals surface area contributed by atoms with Crippen LogP contribution < -0.4 is 10.1 Å². The Balaban J connectivity index is 1.39. The minimum Gasteiger partial charge on any atom is -0.493 e. The first kappa shape index (κ1) is 20.3. The minimum atomic E-state index is -0.264. The van der Waals surface area contributed by atoms with Gasteiger partial charge in [-0.05, 0) is 56.5 Å². The van der Waals surface area contributed by atoms with E-state index in [4.69, 9.17) is 4.74 Å². The predicted octanol–water partition coefficient (Wildman–Crippen LogP) is 4.21. The molecule has 5 rings (SSSR count). The van der Waals surface area contributed by atoms with Crippen molar-refractivity contribution in [1.82, 2.24) is 14.7 Å². The lowest BCUT2D eigenvalue weighted by molar-refractivity contribution is 0.0548. The number of anilines is 1. The first-order valence-corrected chi connectivity index (χ1v) is 11.1. The number of nitrogens with one attached hydrogen (secondary N) is 1. The van der Waals surface area contributed by atoms with Gasteiger partial charge in [-0.15, -0.1) is 0 Å². The Morgan fingerprint density at radius 2 is 1.97 bits per heavy atom. The van der Waals surface area contributed by atoms with Gasteiger partial charge in [0.1, 0.15) is 5.75 Å². The second kappa shape index (κ2) is 8.49. The molecule has 7 nitrogen and oxygen atoms in total. The molecule has 2 amide bonds. The lowest BCUT2D eigenvalue weighted by Gasteiger charge is -2.37. The monoisotopic (exact) mass is 430 g/mol. The van der Waals surface area contributed by atoms with E-state index in [0.29, 0.717) is 29.2 Å². The molecule has 2 aromatic carbocycles. The molecular formula is C25H26N4O3. The molecule has 1 N–H and O–H groups in total. The molecule has 0 spiro atoms. The summed E-state index contributed by atoms with van der Waals surface area (Å²) in [5.74, 6) is 0.290. The molecular weight excluding hydrogens is 404 g/mol. The van der Waals surface area contributed by atoms with Crippen molar-refractivity contribution in [2.75, 3.05) is 18.5 Å². The fourth-order valence-corrected chi connectivity index (χ4v) is 4.59. The van der Waals surface area contributed by atoms with Crippen LogP contribution in [-0.2, 0) is 0 Å². The Kier molecular flexibility index (Phi) is 5.39. The summed E-state index contributed by atoms with van der Waals surface area (Å²) in [7, 11) is 0. The zero-order valence-corrected chi connectivity index (χ0v) is 18.1. The number of nitrogens with zero attached hydrogens (tertiary/aromatic N) is 3. The van der Waals surface area contributed by atoms with Crippen LogP contribution in [0.15, 0.2) is 54.7 Å². The van der Waals surface area contributed by atoms with Crippen LogP contribution in [0.25, 0.3) is 5.69 Å². The van der Waals surface area contributed by atoms with E-state index >= 15 is 0 Å². The number of rotatable bonds is 3. The van der Waals surface area contributed by atoms with Gasteiger partial charge in [-0.25, -0.2) is 4.68 Å². The average molecular weight is 431 g/mol. The molecule has 0 unspecified atom stereocenters. The van der Waals surface area contributed by atoms with Gasteiger partial charge < -0.3 is 15.0 Å². The Hall–Kier alpha value is -3.61. The van der Waals surface area contributed by atoms with E-state index in [0.717, 1.165) is 43.6 Å². The standard InChI is InChI=1S/C25H26N4O3/c1-17-22(16-26-29(17)20-8-3-2-4-9-20)24(30)27-18-10-11-23-21(15-18)25(31)28-13-6-5-7-19(28)12-14-32-23/h2-4,8-11,15-16,19H,5-7,12-14H2,1H3,(H,27,30)/t19-/m1/s1. The topological polar surface area (TPSA) is 76.5 Å². The van der Waals surface area contributed by atoms with E-state index < -0.39 is 0 Å². The molecule has 0 radical (unpaired) electrons. The molecule has 3 aromatic rings. The highest BCUT2D eigenvalue weighted by Gasteiger charge is 2.31. The van der Waals surface area contributed by atoms with E-state index in [2.05, 4.69) is 10.4 Å². The van der Waals surface area contributed by atoms with E-state index in [9.17, 15) is 9.59 Å². The van der Waals surface area contributed by atoms with Crippen molar-refractivity contribution in [3.05, 3.63) is 71.5 Å². The Morgan fingerprint density at radius 1 is 1.12 bits per heavy atom. The van der Waals surface area contributed by atoms with Gasteiger partial charge in [0.2, 0.25) is 0 Å². The van der Waals surface area contributed by atoms with Crippen molar-refractivity contribution in [2.45, 2.75) is 38.6 Å². The van der Waals surface area contributed by atoms with Gasteiger partial charge in [-0.1, -0.05) is 18.2 Å². The molecule has 0 aliphatic carbocycles. The zero-order valence-electron chi connectivity index (χ0n) is 18.1. The number of ether oxygens (including phenoxy) is 1. The zero-order chi connectivity index (χ0) is 22.1. The smallest absolute Gasteiger partial charge is 0.259 e. The highest BCUT2D eigenvalue weighted by Crippen LogP contribution is 2.31. The van der Waals surface area contributed by atoms with Crippen LogP contribution in [0.1, 0.15) is 52.1 Å². The molecule has 1 aromatic heterocycles. The number of fused-ring (bicyclic) bond motifs is 2. The normalized spacial score (nSPS) is 18.1. The number of piperidine rings is 1. The molecule has 0 saturated carbocycles. The number of carbonyl (C=O) groups excluding carboxylic acids is 2. The van der Waals surface area contributed by atoms with Crippen LogP contribution in [0, 0.1) is 6.92 Å². The molecule has 7 heteroatoms. The van der Waals surface area contributed by atoms with Crippen LogP contribution >= 0.6 is 0 Å². The Bertz CT molecular complexity index is 1160. The van der Waals surface area contributed by atoms with Crippen molar-refractivity contribution < 1.29 is 14.3 Å². The van der Waals surface area contributed by atoms with Crippen LogP contribution in [0.5, 0.6) is 5.75 Å². The van der Waals surface area contributed by atoms with Gasteiger partial charge in [-0.3, -0.25) is 9.59 Å². The molecule has 0 bridgehead atoms. The maximum atomic E-state index is 13.3. The predicted molar refractivity (Wildman–Crippen MR) is 121 cm³/mol. The lowest BCUT2D eigenvalue weighted by atomic mass is 9.97. The summed E-state index contributed by atoms with van der Waals surface area (Å²) in [4.78, 5) is 28.2. The second-order valence-electron chi connectivity index (χ2n) is 8.34. The van der Waals surface area contributed by atoms with Gasteiger partial charge in [0, 0.05) is 24.7 Å². The number of aromatic nitrogens is 2. The number of para-hydroxylation sites is 1. The summed E-state index contributed by atoms with van der Waals surface area (Å²) in [5.41, 5.74) is 3.19. The number of carbonyl (C=O) groups is 2. The summed E-state index contributed by atoms with van der Waals surface area (Å²) >= 11 is 0. The van der Waals surface area contributed by atoms with E-state index in [1.54, 1.807) is 29.1 Å². The van der Waals surface area contributed by atoms with Gasteiger partial charge in [0.15, 0.2) is 0 Å². The van der Waals surface area contributed by atoms with Crippen LogP contribution in [0.2, 0.25) is 0 Å². The molecule has 1 fully saturated rings. The van der Waals surface area contributed by atoms with Crippen molar-refractivity contribution in [3.63, 3.8) is 0 Å². The third kappa shape index (κ3) is 3.75. The second-order valence-corrected chi connectivity index (χ2v) is 8.34. The molecule has 164 valence electrons. The molecule has 1 atom stereocenters. The van der Waals surface area contributed by atoms with Crippen LogP contribution in [0.3, 0.4) is 0 Å². The quantitative estimate of drug-likeness (QED) is 0.675. The molecule has 3 heterocycles. The van der Waals surface area contributed by atoms with Gasteiger partial charge in [0.05, 0.1) is 35.3 Å². The summed E-state index contributed by atoms with van der Waals surface area (Å²) in [6.07, 6.45) is 5.62. The van der Waals surface area contributed by atoms with Gasteiger partial charge in [0.25, 0.3) is 11.8 Å². The fraction of sp³-hybridized carbons (Fsp3) is 0.320. The number of benzene rings is 2. The van der Waals surface area contributed by atoms with Crippen LogP contribution in [0.4, 0.5) is 5.69 Å². The van der Waals surface area contributed by atoms with Crippen molar-refractivity contribution in [1.29, 1.82) is 0 Å². The molecule has 1 saturated heterocycles. The van der Waals surface area contributed by atoms with Crippen molar-refractivity contribution in [3.8, 4) is 11.4 Å². The number of hydrogen-bond acceptors (Lipinski definition) is 4. The minimum absolute atomic E-state index is 0.0198.